The highest BCUT2D eigenvalue weighted by Gasteiger charge is 2.50. The molecule has 2 aliphatic heterocycles. The van der Waals surface area contributed by atoms with Crippen molar-refractivity contribution in [2.75, 3.05) is 20.7 Å². The summed E-state index contributed by atoms with van der Waals surface area (Å²) in [5.41, 5.74) is 1.97. The predicted molar refractivity (Wildman–Crippen MR) is 89.0 cm³/mol. The molecule has 126 valence electrons. The van der Waals surface area contributed by atoms with Crippen LogP contribution in [0.15, 0.2) is 24.3 Å². The fraction of sp³-hybridized carbons (Fsp3) is 0.632. The van der Waals surface area contributed by atoms with Gasteiger partial charge in [-0.1, -0.05) is 29.8 Å². The average molecular weight is 318 g/mol. The van der Waals surface area contributed by atoms with Crippen molar-refractivity contribution in [1.29, 1.82) is 0 Å². The molecule has 0 radical (unpaired) electrons. The Morgan fingerprint density at radius 3 is 2.30 bits per heavy atom. The van der Waals surface area contributed by atoms with Gasteiger partial charge in [-0.3, -0.25) is 4.79 Å². The lowest BCUT2D eigenvalue weighted by Crippen LogP contribution is -2.56. The molecule has 1 aromatic carbocycles. The van der Waals surface area contributed by atoms with E-state index in [9.17, 15) is 9.90 Å². The lowest BCUT2D eigenvalue weighted by Gasteiger charge is -2.44. The number of aliphatic hydroxyl groups excluding tert-OH is 1. The third kappa shape index (κ3) is 3.15. The molecule has 0 saturated carbocycles. The van der Waals surface area contributed by atoms with Gasteiger partial charge in [0.2, 0.25) is 0 Å². The highest BCUT2D eigenvalue weighted by atomic mass is 16.5. The lowest BCUT2D eigenvalue weighted by molar-refractivity contribution is -0.931. The number of rotatable bonds is 4. The summed E-state index contributed by atoms with van der Waals surface area (Å²) in [6.45, 7) is 1.80. The van der Waals surface area contributed by atoms with E-state index in [4.69, 9.17) is 4.74 Å². The number of quaternary nitrogens is 1. The van der Waals surface area contributed by atoms with Gasteiger partial charge in [-0.25, -0.2) is 0 Å². The standard InChI is InChI=1S/C19H28NO3/c1-13-4-6-14(7-5-13)18(12-21)19(22)23-17-10-15-8-9-16(11-17)20(15,2)3/h4-7,15-18,21H,8-12H2,1-3H3/q+1. The van der Waals surface area contributed by atoms with Crippen LogP contribution in [0, 0.1) is 6.92 Å². The molecule has 4 nitrogen and oxygen atoms in total. The molecule has 2 fully saturated rings. The van der Waals surface area contributed by atoms with E-state index < -0.39 is 5.92 Å². The summed E-state index contributed by atoms with van der Waals surface area (Å²) in [5.74, 6) is -0.856. The first-order valence-electron chi connectivity index (χ1n) is 8.63. The van der Waals surface area contributed by atoms with E-state index in [1.165, 1.54) is 12.8 Å². The average Bonchev–Trinajstić information content (AvgIpc) is 2.67. The zero-order valence-electron chi connectivity index (χ0n) is 14.4. The smallest absolute Gasteiger partial charge is 0.316 e. The third-order valence-electron chi connectivity index (χ3n) is 6.01. The molecule has 0 spiro atoms. The number of hydrogen-bond donors (Lipinski definition) is 1. The zero-order chi connectivity index (χ0) is 16.6. The Balaban J connectivity index is 1.66. The first-order chi connectivity index (χ1) is 10.9. The van der Waals surface area contributed by atoms with Crippen LogP contribution < -0.4 is 0 Å². The quantitative estimate of drug-likeness (QED) is 0.685. The van der Waals surface area contributed by atoms with E-state index in [-0.39, 0.29) is 18.7 Å². The summed E-state index contributed by atoms with van der Waals surface area (Å²) < 4.78 is 6.86. The Hall–Kier alpha value is -1.39. The maximum Gasteiger partial charge on any atom is 0.316 e. The van der Waals surface area contributed by atoms with Gasteiger partial charge in [-0.05, 0) is 12.5 Å². The first kappa shape index (κ1) is 16.5. The topological polar surface area (TPSA) is 46.5 Å². The normalized spacial score (nSPS) is 30.0. The number of nitrogens with zero attached hydrogens (tertiary/aromatic N) is 1. The van der Waals surface area contributed by atoms with Gasteiger partial charge in [0.15, 0.2) is 0 Å². The van der Waals surface area contributed by atoms with Crippen molar-refractivity contribution in [2.45, 2.75) is 56.7 Å². The monoisotopic (exact) mass is 318 g/mol. The van der Waals surface area contributed by atoms with Gasteiger partial charge in [0.1, 0.15) is 12.0 Å². The van der Waals surface area contributed by atoms with Gasteiger partial charge in [-0.15, -0.1) is 0 Å². The summed E-state index contributed by atoms with van der Waals surface area (Å²) in [6, 6.07) is 8.93. The summed E-state index contributed by atoms with van der Waals surface area (Å²) in [5, 5.41) is 9.64. The van der Waals surface area contributed by atoms with Gasteiger partial charge >= 0.3 is 5.97 Å². The van der Waals surface area contributed by atoms with Crippen LogP contribution >= 0.6 is 0 Å². The molecule has 3 unspecified atom stereocenters. The molecule has 2 heterocycles. The second kappa shape index (κ2) is 6.25. The van der Waals surface area contributed by atoms with Crippen molar-refractivity contribution in [3.05, 3.63) is 35.4 Å². The number of benzene rings is 1. The number of ether oxygens (including phenoxy) is 1. The molecule has 2 aliphatic rings. The van der Waals surface area contributed by atoms with Crippen molar-refractivity contribution >= 4 is 5.97 Å². The van der Waals surface area contributed by atoms with Gasteiger partial charge in [0.25, 0.3) is 0 Å². The number of hydrogen-bond acceptors (Lipinski definition) is 3. The van der Waals surface area contributed by atoms with Gasteiger partial charge in [-0.2, -0.15) is 0 Å². The maximum absolute atomic E-state index is 12.5. The summed E-state index contributed by atoms with van der Waals surface area (Å²) >= 11 is 0. The summed E-state index contributed by atoms with van der Waals surface area (Å²) in [6.07, 6.45) is 4.36. The molecule has 0 aliphatic carbocycles. The van der Waals surface area contributed by atoms with E-state index in [0.29, 0.717) is 12.1 Å². The highest BCUT2D eigenvalue weighted by molar-refractivity contribution is 5.78. The molecule has 3 atom stereocenters. The summed E-state index contributed by atoms with van der Waals surface area (Å²) in [7, 11) is 4.59. The fourth-order valence-electron chi connectivity index (χ4n) is 4.29. The number of carbonyl (C=O) groups is 1. The van der Waals surface area contributed by atoms with Crippen molar-refractivity contribution in [2.24, 2.45) is 0 Å². The Morgan fingerprint density at radius 2 is 1.78 bits per heavy atom. The first-order valence-corrected chi connectivity index (χ1v) is 8.63. The Kier molecular flexibility index (Phi) is 4.47. The molecule has 23 heavy (non-hydrogen) atoms. The molecule has 1 N–H and O–H groups in total. The highest BCUT2D eigenvalue weighted by Crippen LogP contribution is 2.40. The minimum atomic E-state index is -0.572. The van der Waals surface area contributed by atoms with Crippen molar-refractivity contribution < 1.29 is 19.1 Å². The molecule has 0 amide bonds. The largest absolute Gasteiger partial charge is 0.461 e. The van der Waals surface area contributed by atoms with Crippen molar-refractivity contribution in [3.63, 3.8) is 0 Å². The number of aliphatic hydroxyl groups is 1. The Morgan fingerprint density at radius 1 is 1.22 bits per heavy atom. The molecule has 0 aromatic heterocycles. The van der Waals surface area contributed by atoms with Crippen LogP contribution in [-0.2, 0) is 9.53 Å². The van der Waals surface area contributed by atoms with Crippen LogP contribution in [0.2, 0.25) is 0 Å². The van der Waals surface area contributed by atoms with E-state index in [0.717, 1.165) is 28.5 Å². The van der Waals surface area contributed by atoms with E-state index in [1.54, 1.807) is 0 Å². The zero-order valence-corrected chi connectivity index (χ0v) is 14.4. The van der Waals surface area contributed by atoms with Gasteiger partial charge in [0.05, 0.1) is 32.8 Å². The van der Waals surface area contributed by atoms with E-state index in [2.05, 4.69) is 14.1 Å². The van der Waals surface area contributed by atoms with Crippen LogP contribution in [0.5, 0.6) is 0 Å². The predicted octanol–water partition coefficient (Wildman–Crippen LogP) is 2.38. The van der Waals surface area contributed by atoms with Gasteiger partial charge in [0, 0.05) is 25.7 Å². The minimum absolute atomic E-state index is 0.00523. The van der Waals surface area contributed by atoms with Crippen molar-refractivity contribution in [1.82, 2.24) is 0 Å². The van der Waals surface area contributed by atoms with Crippen LogP contribution in [0.1, 0.15) is 42.7 Å². The lowest BCUT2D eigenvalue weighted by atomic mass is 9.96. The molecule has 2 saturated heterocycles. The van der Waals surface area contributed by atoms with Crippen molar-refractivity contribution in [3.8, 4) is 0 Å². The SMILES string of the molecule is Cc1ccc(C(CO)C(=O)OC2CC3CCC(C2)[N+]3(C)C)cc1. The maximum atomic E-state index is 12.5. The third-order valence-corrected chi connectivity index (χ3v) is 6.01. The number of fused-ring (bicyclic) bond motifs is 2. The second-order valence-corrected chi connectivity index (χ2v) is 7.69. The van der Waals surface area contributed by atoms with E-state index >= 15 is 0 Å². The second-order valence-electron chi connectivity index (χ2n) is 7.69. The number of carbonyl (C=O) groups excluding carboxylic acids is 1. The fourth-order valence-corrected chi connectivity index (χ4v) is 4.29. The van der Waals surface area contributed by atoms with Crippen LogP contribution in [-0.4, -0.2) is 54.4 Å². The molecule has 3 rings (SSSR count). The number of aryl methyl sites for hydroxylation is 1. The minimum Gasteiger partial charge on any atom is -0.461 e. The molecular formula is C19H28NO3+. The van der Waals surface area contributed by atoms with Crippen LogP contribution in [0.3, 0.4) is 0 Å². The van der Waals surface area contributed by atoms with Crippen LogP contribution in [0.25, 0.3) is 0 Å². The van der Waals surface area contributed by atoms with Gasteiger partial charge < -0.3 is 14.3 Å². The Labute approximate surface area is 138 Å². The Bertz CT molecular complexity index is 550. The molecule has 1 aromatic rings. The molecular weight excluding hydrogens is 290 g/mol. The van der Waals surface area contributed by atoms with E-state index in [1.807, 2.05) is 31.2 Å². The molecule has 4 heteroatoms. The number of piperidine rings is 1. The number of esters is 1. The molecule has 2 bridgehead atoms. The summed E-state index contributed by atoms with van der Waals surface area (Å²) in [4.78, 5) is 12.5. The van der Waals surface area contributed by atoms with Crippen LogP contribution in [0.4, 0.5) is 0 Å².